The number of benzene rings is 1. The summed E-state index contributed by atoms with van der Waals surface area (Å²) in [7, 11) is -3.91. The first kappa shape index (κ1) is 36.4. The highest BCUT2D eigenvalue weighted by atomic mass is 32.2. The van der Waals surface area contributed by atoms with Crippen molar-refractivity contribution in [3.63, 3.8) is 0 Å². The van der Waals surface area contributed by atoms with Gasteiger partial charge in [0.15, 0.2) is 0 Å². The standard InChI is InChI=1S/C36H47N5O9S/c1-6-24-17-36(24,32(44)39-51(47,48)26-13-14-26)38-30(42)28-16-25-19-41(28)31(43)29(21(2)3)37-33(45)50-35(4,5)15-8-7-10-22-11-9-12-23-18-40(20-27(22)23)34(46)49-25/h6-7,9-12,21,24-26,28-29H,1,8,13-20H2,2-5H3,(H,37,45)(H,38,42)(H,39,44)/b10-7+/t24-,25-,28+,29+,36-/m1/s1. The first-order valence-electron chi connectivity index (χ1n) is 17.6. The Hall–Kier alpha value is -4.40. The fourth-order valence-corrected chi connectivity index (χ4v) is 8.50. The van der Waals surface area contributed by atoms with Gasteiger partial charge >= 0.3 is 12.2 Å². The van der Waals surface area contributed by atoms with Gasteiger partial charge in [0.25, 0.3) is 5.91 Å². The van der Waals surface area contributed by atoms with E-state index in [1.807, 2.05) is 30.4 Å². The van der Waals surface area contributed by atoms with E-state index in [2.05, 4.69) is 21.9 Å². The van der Waals surface area contributed by atoms with Crippen molar-refractivity contribution in [2.45, 2.75) is 114 Å². The highest BCUT2D eigenvalue weighted by Crippen LogP contribution is 2.45. The van der Waals surface area contributed by atoms with E-state index < -0.39 is 86.3 Å². The molecule has 1 saturated heterocycles. The van der Waals surface area contributed by atoms with Gasteiger partial charge in [0.1, 0.15) is 29.3 Å². The molecule has 0 radical (unpaired) electrons. The van der Waals surface area contributed by atoms with E-state index in [1.54, 1.807) is 32.6 Å². The molecule has 0 aromatic heterocycles. The van der Waals surface area contributed by atoms with Crippen molar-refractivity contribution in [2.75, 3.05) is 6.54 Å². The predicted octanol–water partition coefficient (Wildman–Crippen LogP) is 3.11. The molecule has 0 spiro atoms. The maximum atomic E-state index is 14.3. The molecule has 5 aliphatic rings. The zero-order valence-electron chi connectivity index (χ0n) is 29.5. The summed E-state index contributed by atoms with van der Waals surface area (Å²) in [6.07, 6.45) is 5.23. The molecule has 51 heavy (non-hydrogen) atoms. The van der Waals surface area contributed by atoms with Crippen LogP contribution in [0.5, 0.6) is 0 Å². The van der Waals surface area contributed by atoms with Gasteiger partial charge in [0, 0.05) is 18.9 Å². The van der Waals surface area contributed by atoms with E-state index in [9.17, 15) is 32.4 Å². The Balaban J connectivity index is 1.28. The van der Waals surface area contributed by atoms with Crippen molar-refractivity contribution in [1.29, 1.82) is 0 Å². The van der Waals surface area contributed by atoms with Crippen LogP contribution in [0, 0.1) is 11.8 Å². The van der Waals surface area contributed by atoms with Crippen LogP contribution in [-0.2, 0) is 47.0 Å². The van der Waals surface area contributed by atoms with Crippen LogP contribution in [0.2, 0.25) is 0 Å². The fraction of sp³-hybridized carbons (Fsp3) is 0.583. The first-order chi connectivity index (χ1) is 24.0. The Bertz CT molecular complexity index is 1770. The number of sulfonamides is 1. The third-order valence-electron chi connectivity index (χ3n) is 10.4. The number of nitrogens with zero attached hydrogens (tertiary/aromatic N) is 2. The van der Waals surface area contributed by atoms with E-state index in [4.69, 9.17) is 9.47 Å². The number of carbonyl (C=O) groups is 5. The van der Waals surface area contributed by atoms with Crippen LogP contribution >= 0.6 is 0 Å². The van der Waals surface area contributed by atoms with Gasteiger partial charge < -0.3 is 25.0 Å². The zero-order valence-corrected chi connectivity index (χ0v) is 30.3. The van der Waals surface area contributed by atoms with Gasteiger partial charge in [-0.1, -0.05) is 50.3 Å². The minimum Gasteiger partial charge on any atom is -0.444 e. The van der Waals surface area contributed by atoms with Gasteiger partial charge in [0.2, 0.25) is 21.8 Å². The van der Waals surface area contributed by atoms with Crippen LogP contribution in [0.15, 0.2) is 36.9 Å². The fourth-order valence-electron chi connectivity index (χ4n) is 7.14. The molecule has 15 heteroatoms. The summed E-state index contributed by atoms with van der Waals surface area (Å²) in [6.45, 7) is 11.3. The lowest BCUT2D eigenvalue weighted by molar-refractivity contribution is -0.142. The number of hydrogen-bond acceptors (Lipinski definition) is 9. The lowest BCUT2D eigenvalue weighted by Gasteiger charge is -2.32. The van der Waals surface area contributed by atoms with Gasteiger partial charge in [0.05, 0.1) is 18.3 Å². The highest BCUT2D eigenvalue weighted by Gasteiger charge is 2.62. The maximum Gasteiger partial charge on any atom is 0.410 e. The van der Waals surface area contributed by atoms with Crippen molar-refractivity contribution in [2.24, 2.45) is 11.8 Å². The second kappa shape index (κ2) is 13.6. The quantitative estimate of drug-likeness (QED) is 0.356. The molecule has 4 bridgehead atoms. The van der Waals surface area contributed by atoms with E-state index in [1.165, 1.54) is 11.0 Å². The minimum atomic E-state index is -3.91. The number of ether oxygens (including phenoxy) is 2. The molecule has 276 valence electrons. The molecule has 1 aromatic rings. The predicted molar refractivity (Wildman–Crippen MR) is 186 cm³/mol. The first-order valence-corrected chi connectivity index (χ1v) is 19.1. The van der Waals surface area contributed by atoms with Crippen molar-refractivity contribution < 1.29 is 41.9 Å². The van der Waals surface area contributed by atoms with Gasteiger partial charge in [-0.15, -0.1) is 6.58 Å². The molecule has 3 N–H and O–H groups in total. The molecule has 2 saturated carbocycles. The van der Waals surface area contributed by atoms with E-state index >= 15 is 0 Å². The molecule has 3 fully saturated rings. The molecule has 6 rings (SSSR count). The molecule has 2 aliphatic carbocycles. The second-order valence-electron chi connectivity index (χ2n) is 15.2. The van der Waals surface area contributed by atoms with Gasteiger partial charge in [-0.25, -0.2) is 18.0 Å². The Morgan fingerprint density at radius 3 is 2.55 bits per heavy atom. The molecule has 1 aromatic carbocycles. The Kier molecular flexibility index (Phi) is 9.72. The number of allylic oxidation sites excluding steroid dienone is 1. The normalized spacial score (nSPS) is 29.9. The molecule has 3 heterocycles. The van der Waals surface area contributed by atoms with E-state index in [0.29, 0.717) is 38.8 Å². The lowest BCUT2D eigenvalue weighted by Crippen LogP contribution is -2.59. The van der Waals surface area contributed by atoms with Crippen molar-refractivity contribution in [1.82, 2.24) is 25.2 Å². The number of carbonyl (C=O) groups excluding carboxylic acids is 5. The van der Waals surface area contributed by atoms with E-state index in [0.717, 1.165) is 16.7 Å². The lowest BCUT2D eigenvalue weighted by atomic mass is 10.00. The number of rotatable bonds is 7. The molecule has 5 atom stereocenters. The topological polar surface area (TPSA) is 181 Å². The Morgan fingerprint density at radius 2 is 1.88 bits per heavy atom. The average molecular weight is 726 g/mol. The highest BCUT2D eigenvalue weighted by molar-refractivity contribution is 7.91. The van der Waals surface area contributed by atoms with Crippen molar-refractivity contribution in [3.05, 3.63) is 53.6 Å². The molecule has 14 nitrogen and oxygen atoms in total. The summed E-state index contributed by atoms with van der Waals surface area (Å²) in [5.74, 6) is -3.15. The van der Waals surface area contributed by atoms with Crippen LogP contribution in [0.3, 0.4) is 0 Å². The molecule has 5 amide bonds. The van der Waals surface area contributed by atoms with Gasteiger partial charge in [-0.2, -0.15) is 0 Å². The number of nitrogens with one attached hydrogen (secondary N) is 3. The number of alkyl carbamates (subject to hydrolysis) is 1. The molecular weight excluding hydrogens is 678 g/mol. The van der Waals surface area contributed by atoms with Crippen LogP contribution < -0.4 is 15.4 Å². The smallest absolute Gasteiger partial charge is 0.410 e. The second-order valence-corrected chi connectivity index (χ2v) is 17.2. The number of amides is 5. The molecule has 3 aliphatic heterocycles. The van der Waals surface area contributed by atoms with Crippen LogP contribution in [0.1, 0.15) is 82.9 Å². The number of hydrogen-bond donors (Lipinski definition) is 3. The summed E-state index contributed by atoms with van der Waals surface area (Å²) in [6, 6.07) is 3.55. The summed E-state index contributed by atoms with van der Waals surface area (Å²) >= 11 is 0. The van der Waals surface area contributed by atoms with Crippen molar-refractivity contribution in [3.8, 4) is 0 Å². The number of fused-ring (bicyclic) bond motifs is 3. The van der Waals surface area contributed by atoms with Crippen LogP contribution in [0.25, 0.3) is 6.08 Å². The van der Waals surface area contributed by atoms with E-state index in [-0.39, 0.29) is 19.4 Å². The third-order valence-corrected chi connectivity index (χ3v) is 12.2. The largest absolute Gasteiger partial charge is 0.444 e. The van der Waals surface area contributed by atoms with Crippen molar-refractivity contribution >= 4 is 46.0 Å². The van der Waals surface area contributed by atoms with Gasteiger partial charge in [-0.3, -0.25) is 24.0 Å². The third kappa shape index (κ3) is 7.63. The Morgan fingerprint density at radius 1 is 1.14 bits per heavy atom. The van der Waals surface area contributed by atoms with Gasteiger partial charge in [-0.05, 0) is 68.6 Å². The van der Waals surface area contributed by atoms with Crippen LogP contribution in [0.4, 0.5) is 9.59 Å². The maximum absolute atomic E-state index is 14.3. The Labute approximate surface area is 298 Å². The minimum absolute atomic E-state index is 0.0861. The SMILES string of the molecule is C=C[C@@H]1C[C@]1(NC(=O)[C@@H]1C[C@@H]2CN1C(=O)[C@H](C(C)C)NC(=O)OC(C)(C)CC/C=C/c1cccc3c1CN(C3)C(=O)O2)C(=O)NS(=O)(=O)C1CC1. The average Bonchev–Trinajstić information content (AvgIpc) is 3.95. The summed E-state index contributed by atoms with van der Waals surface area (Å²) in [5.41, 5.74) is 0.498. The summed E-state index contributed by atoms with van der Waals surface area (Å²) < 4.78 is 39.1. The number of cyclic esters (lactones) is 1. The monoisotopic (exact) mass is 725 g/mol. The summed E-state index contributed by atoms with van der Waals surface area (Å²) in [5, 5.41) is 4.77. The molecule has 0 unspecified atom stereocenters. The summed E-state index contributed by atoms with van der Waals surface area (Å²) in [4.78, 5) is 71.3. The van der Waals surface area contributed by atoms with Crippen LogP contribution in [-0.4, -0.2) is 89.2 Å². The zero-order chi connectivity index (χ0) is 36.9. The molecular formula is C36H47N5O9S.